The van der Waals surface area contributed by atoms with Crippen LogP contribution in [0.4, 0.5) is 5.69 Å². The third-order valence-corrected chi connectivity index (χ3v) is 4.45. The number of benzene rings is 2. The third-order valence-electron chi connectivity index (χ3n) is 3.88. The van der Waals surface area contributed by atoms with Crippen LogP contribution in [-0.2, 0) is 6.54 Å². The molecule has 0 bridgehead atoms. The van der Waals surface area contributed by atoms with Crippen molar-refractivity contribution in [3.8, 4) is 0 Å². The Hall–Kier alpha value is -1.70. The zero-order chi connectivity index (χ0) is 17.4. The van der Waals surface area contributed by atoms with E-state index in [1.807, 2.05) is 25.2 Å². The van der Waals surface area contributed by atoms with Gasteiger partial charge in [-0.05, 0) is 44.5 Å². The van der Waals surface area contributed by atoms with E-state index < -0.39 is 0 Å². The predicted octanol–water partition coefficient (Wildman–Crippen LogP) is 4.15. The lowest BCUT2D eigenvalue weighted by Crippen LogP contribution is -2.21. The van der Waals surface area contributed by atoms with Crippen molar-refractivity contribution < 1.29 is 0 Å². The van der Waals surface area contributed by atoms with Gasteiger partial charge in [-0.25, -0.2) is 0 Å². The van der Waals surface area contributed by atoms with Crippen LogP contribution in [0.5, 0.6) is 0 Å². The topological polar surface area (TPSA) is 27.6 Å². The Morgan fingerprint density at radius 2 is 1.75 bits per heavy atom. The van der Waals surface area contributed by atoms with Crippen molar-refractivity contribution in [2.24, 2.45) is 4.99 Å². The van der Waals surface area contributed by atoms with E-state index in [4.69, 9.17) is 0 Å². The summed E-state index contributed by atoms with van der Waals surface area (Å²) in [6, 6.07) is 17.0. The van der Waals surface area contributed by atoms with Gasteiger partial charge in [-0.15, -0.1) is 0 Å². The van der Waals surface area contributed by atoms with Crippen molar-refractivity contribution in [2.45, 2.75) is 26.8 Å². The first-order valence-corrected chi connectivity index (χ1v) is 9.00. The van der Waals surface area contributed by atoms with Crippen LogP contribution in [0, 0.1) is 13.8 Å². The highest BCUT2D eigenvalue weighted by atomic mass is 31.0. The van der Waals surface area contributed by atoms with Crippen LogP contribution in [0.25, 0.3) is 0 Å². The summed E-state index contributed by atoms with van der Waals surface area (Å²) in [4.78, 5) is 6.73. The Kier molecular flexibility index (Phi) is 7.42. The van der Waals surface area contributed by atoms with E-state index >= 15 is 0 Å². The van der Waals surface area contributed by atoms with E-state index in [1.165, 1.54) is 16.7 Å². The summed E-state index contributed by atoms with van der Waals surface area (Å²) in [6.07, 6.45) is 1.03. The molecule has 1 atom stereocenters. The van der Waals surface area contributed by atoms with Crippen molar-refractivity contribution >= 4 is 20.5 Å². The van der Waals surface area contributed by atoms with Gasteiger partial charge in [0.15, 0.2) is 0 Å². The summed E-state index contributed by atoms with van der Waals surface area (Å²) in [5.74, 6) is 0. The Morgan fingerprint density at radius 3 is 2.42 bits per heavy atom. The molecule has 1 unspecified atom stereocenters. The Labute approximate surface area is 148 Å². The smallest absolute Gasteiger partial charge is 0.120 e. The summed E-state index contributed by atoms with van der Waals surface area (Å²) in [5.41, 5.74) is 6.13. The van der Waals surface area contributed by atoms with Gasteiger partial charge >= 0.3 is 0 Å². The minimum Gasteiger partial charge on any atom is -0.330 e. The third kappa shape index (κ3) is 6.07. The van der Waals surface area contributed by atoms with E-state index in [0.717, 1.165) is 37.3 Å². The molecule has 128 valence electrons. The van der Waals surface area contributed by atoms with Crippen molar-refractivity contribution in [3.05, 3.63) is 65.2 Å². The van der Waals surface area contributed by atoms with Crippen LogP contribution in [0.2, 0.25) is 0 Å². The number of hydrogen-bond acceptors (Lipinski definition) is 2. The molecule has 0 fully saturated rings. The minimum atomic E-state index is 0.829. The molecule has 4 heteroatoms. The summed E-state index contributed by atoms with van der Waals surface area (Å²) >= 11 is 0. The fourth-order valence-corrected chi connectivity index (χ4v) is 2.97. The number of nitrogens with zero attached hydrogens (tertiary/aromatic N) is 2. The maximum Gasteiger partial charge on any atom is 0.120 e. The summed E-state index contributed by atoms with van der Waals surface area (Å²) in [6.45, 7) is 7.02. The quantitative estimate of drug-likeness (QED) is 0.355. The van der Waals surface area contributed by atoms with Gasteiger partial charge in [-0.2, -0.15) is 0 Å². The second kappa shape index (κ2) is 9.56. The lowest BCUT2D eigenvalue weighted by molar-refractivity contribution is 0.655. The Morgan fingerprint density at radius 1 is 1.08 bits per heavy atom. The lowest BCUT2D eigenvalue weighted by atomic mass is 10.1. The van der Waals surface area contributed by atoms with Crippen molar-refractivity contribution in [1.82, 2.24) is 5.32 Å². The van der Waals surface area contributed by atoms with E-state index in [-0.39, 0.29) is 0 Å². The number of aliphatic imine (C=N–C) groups is 1. The van der Waals surface area contributed by atoms with Gasteiger partial charge in [0.1, 0.15) is 5.58 Å². The molecule has 0 saturated carbocycles. The highest BCUT2D eigenvalue weighted by molar-refractivity contribution is 7.41. The van der Waals surface area contributed by atoms with E-state index in [0.29, 0.717) is 0 Å². The minimum absolute atomic E-state index is 0.829. The van der Waals surface area contributed by atoms with Crippen LogP contribution >= 0.6 is 9.24 Å². The molecular weight excluding hydrogens is 313 g/mol. The van der Waals surface area contributed by atoms with Gasteiger partial charge in [0, 0.05) is 25.8 Å². The number of nitrogens with one attached hydrogen (secondary N) is 1. The number of aryl methyl sites for hydroxylation is 2. The summed E-state index contributed by atoms with van der Waals surface area (Å²) in [5, 5.41) is 3.50. The second-order valence-electron chi connectivity index (χ2n) is 6.16. The number of anilines is 1. The molecule has 24 heavy (non-hydrogen) atoms. The van der Waals surface area contributed by atoms with Crippen molar-refractivity contribution in [3.63, 3.8) is 0 Å². The lowest BCUT2D eigenvalue weighted by Gasteiger charge is -2.18. The first-order chi connectivity index (χ1) is 11.6. The number of rotatable bonds is 7. The summed E-state index contributed by atoms with van der Waals surface area (Å²) in [7, 11) is 4.77. The van der Waals surface area contributed by atoms with Crippen LogP contribution < -0.4 is 10.2 Å². The van der Waals surface area contributed by atoms with E-state index in [9.17, 15) is 0 Å². The van der Waals surface area contributed by atoms with Gasteiger partial charge in [-0.1, -0.05) is 56.8 Å². The number of hydrogen-bond donors (Lipinski definition) is 1. The monoisotopic (exact) mass is 341 g/mol. The maximum atomic E-state index is 4.64. The standard InChI is InChI=1S/C20H28N3P/c1-16-12-17(2)14-18(13-16)15-21-10-7-11-22-20(24)23(3)19-8-5-4-6-9-19/h4-6,8-9,12-14,21H,7,10-11,15,24H2,1-3H3. The van der Waals surface area contributed by atoms with Crippen LogP contribution in [0.15, 0.2) is 53.5 Å². The van der Waals surface area contributed by atoms with Crippen LogP contribution in [0.1, 0.15) is 23.1 Å². The zero-order valence-electron chi connectivity index (χ0n) is 14.9. The van der Waals surface area contributed by atoms with E-state index in [1.54, 1.807) is 0 Å². The molecule has 3 nitrogen and oxygen atoms in total. The first-order valence-electron chi connectivity index (χ1n) is 8.43. The molecule has 0 aromatic heterocycles. The second-order valence-corrected chi connectivity index (χ2v) is 6.68. The molecule has 0 saturated heterocycles. The molecule has 0 heterocycles. The molecule has 2 aromatic carbocycles. The highest BCUT2D eigenvalue weighted by Crippen LogP contribution is 2.14. The maximum absolute atomic E-state index is 4.64. The average molecular weight is 341 g/mol. The van der Waals surface area contributed by atoms with Gasteiger partial charge in [0.2, 0.25) is 0 Å². The normalized spacial score (nSPS) is 11.6. The van der Waals surface area contributed by atoms with E-state index in [2.05, 4.69) is 68.6 Å². The fraction of sp³-hybridized carbons (Fsp3) is 0.350. The molecule has 0 radical (unpaired) electrons. The average Bonchev–Trinajstić information content (AvgIpc) is 2.57. The molecular formula is C20H28N3P. The molecule has 1 N–H and O–H groups in total. The molecule has 2 aromatic rings. The number of amidine groups is 1. The predicted molar refractivity (Wildman–Crippen MR) is 109 cm³/mol. The molecule has 0 aliphatic rings. The van der Waals surface area contributed by atoms with Crippen LogP contribution in [-0.4, -0.2) is 25.7 Å². The van der Waals surface area contributed by atoms with Gasteiger partial charge in [-0.3, -0.25) is 4.99 Å². The SMILES string of the molecule is Cc1cc(C)cc(CNCCCN=C(P)N(C)c2ccccc2)c1. The molecule has 0 aliphatic carbocycles. The van der Waals surface area contributed by atoms with Gasteiger partial charge < -0.3 is 10.2 Å². The molecule has 0 amide bonds. The fourth-order valence-electron chi connectivity index (χ4n) is 2.69. The van der Waals surface area contributed by atoms with Crippen molar-refractivity contribution in [2.75, 3.05) is 25.0 Å². The Balaban J connectivity index is 1.70. The van der Waals surface area contributed by atoms with Crippen molar-refractivity contribution in [1.29, 1.82) is 0 Å². The van der Waals surface area contributed by atoms with Gasteiger partial charge in [0.25, 0.3) is 0 Å². The van der Waals surface area contributed by atoms with Crippen LogP contribution in [0.3, 0.4) is 0 Å². The largest absolute Gasteiger partial charge is 0.330 e. The molecule has 0 spiro atoms. The highest BCUT2D eigenvalue weighted by Gasteiger charge is 2.02. The zero-order valence-corrected chi connectivity index (χ0v) is 16.1. The number of para-hydroxylation sites is 1. The molecule has 2 rings (SSSR count). The van der Waals surface area contributed by atoms with Gasteiger partial charge in [0.05, 0.1) is 0 Å². The first kappa shape index (κ1) is 18.6. The summed E-state index contributed by atoms with van der Waals surface area (Å²) < 4.78 is 0. The Bertz CT molecular complexity index is 648. The molecule has 0 aliphatic heterocycles.